The molecule has 0 amide bonds. The van der Waals surface area contributed by atoms with Gasteiger partial charge in [0.1, 0.15) is 18.2 Å². The van der Waals surface area contributed by atoms with Crippen LogP contribution in [0.5, 0.6) is 0 Å². The second kappa shape index (κ2) is 10.4. The van der Waals surface area contributed by atoms with E-state index in [1.807, 2.05) is 38.1 Å². The van der Waals surface area contributed by atoms with Crippen LogP contribution in [0.25, 0.3) is 16.7 Å². The Balaban J connectivity index is 1.60. The van der Waals surface area contributed by atoms with E-state index in [1.54, 1.807) is 16.9 Å². The first kappa shape index (κ1) is 22.7. The first-order valence-electron chi connectivity index (χ1n) is 11.1. The topological polar surface area (TPSA) is 66.5 Å². The molecule has 2 heterocycles. The third-order valence-electron chi connectivity index (χ3n) is 5.40. The number of aromatic nitrogens is 4. The number of ether oxygens (including phenoxy) is 1. The first-order valence-corrected chi connectivity index (χ1v) is 11.1. The lowest BCUT2D eigenvalue weighted by Crippen LogP contribution is -2.07. The van der Waals surface area contributed by atoms with Gasteiger partial charge in [-0.15, -0.1) is 0 Å². The van der Waals surface area contributed by atoms with Crippen LogP contribution in [0.2, 0.25) is 0 Å². The van der Waals surface area contributed by atoms with Crippen molar-refractivity contribution in [2.24, 2.45) is 5.16 Å². The fraction of sp³-hybridized carbons (Fsp3) is 0.320. The minimum atomic E-state index is -0.291. The van der Waals surface area contributed by atoms with E-state index in [2.05, 4.69) is 27.8 Å². The second-order valence-corrected chi connectivity index (χ2v) is 7.57. The van der Waals surface area contributed by atoms with Crippen LogP contribution in [0.1, 0.15) is 37.9 Å². The van der Waals surface area contributed by atoms with Gasteiger partial charge in [0.05, 0.1) is 34.7 Å². The first-order chi connectivity index (χ1) is 16.1. The number of aryl methyl sites for hydroxylation is 1. The summed E-state index contributed by atoms with van der Waals surface area (Å²) in [5.74, 6) is 0.631. The Labute approximate surface area is 192 Å². The standard InChI is InChI=1S/C25H28FN5O2/c1-4-30-24-10-9-19(18(3)29-33-14-13-32-5-2)15-23(24)28-25(30)17-22-11-12-27-31(22)21-8-6-7-20(26)16-21/h6-12,15-16H,4-5,13-14,17H2,1-3H3/b29-18+. The molecule has 0 bridgehead atoms. The average Bonchev–Trinajstić information content (AvgIpc) is 3.42. The van der Waals surface area contributed by atoms with Gasteiger partial charge in [-0.05, 0) is 57.2 Å². The smallest absolute Gasteiger partial charge is 0.140 e. The molecule has 0 saturated carbocycles. The van der Waals surface area contributed by atoms with E-state index in [4.69, 9.17) is 14.6 Å². The summed E-state index contributed by atoms with van der Waals surface area (Å²) in [6.07, 6.45) is 2.30. The molecule has 0 atom stereocenters. The van der Waals surface area contributed by atoms with Gasteiger partial charge in [-0.25, -0.2) is 14.1 Å². The molecule has 0 aliphatic carbocycles. The molecule has 0 spiro atoms. The Bertz CT molecular complexity index is 1260. The van der Waals surface area contributed by atoms with Crippen molar-refractivity contribution in [1.82, 2.24) is 19.3 Å². The molecule has 0 fully saturated rings. The molecule has 2 aromatic carbocycles. The van der Waals surface area contributed by atoms with Gasteiger partial charge >= 0.3 is 0 Å². The molecular weight excluding hydrogens is 421 g/mol. The maximum absolute atomic E-state index is 13.7. The van der Waals surface area contributed by atoms with Crippen LogP contribution >= 0.6 is 0 Å². The highest BCUT2D eigenvalue weighted by Crippen LogP contribution is 2.22. The molecule has 0 N–H and O–H groups in total. The van der Waals surface area contributed by atoms with Crippen LogP contribution in [-0.2, 0) is 22.5 Å². The fourth-order valence-electron chi connectivity index (χ4n) is 3.80. The highest BCUT2D eigenvalue weighted by Gasteiger charge is 2.15. The van der Waals surface area contributed by atoms with Crippen LogP contribution in [0.3, 0.4) is 0 Å². The number of hydrogen-bond donors (Lipinski definition) is 0. The molecular formula is C25H28FN5O2. The van der Waals surface area contributed by atoms with E-state index in [0.717, 1.165) is 40.4 Å². The molecule has 33 heavy (non-hydrogen) atoms. The fourth-order valence-corrected chi connectivity index (χ4v) is 3.80. The summed E-state index contributed by atoms with van der Waals surface area (Å²) < 4.78 is 22.9. The Morgan fingerprint density at radius 3 is 2.76 bits per heavy atom. The van der Waals surface area contributed by atoms with E-state index in [9.17, 15) is 4.39 Å². The Morgan fingerprint density at radius 2 is 1.97 bits per heavy atom. The molecule has 172 valence electrons. The Hall–Kier alpha value is -3.52. The van der Waals surface area contributed by atoms with Gasteiger partial charge in [0.25, 0.3) is 0 Å². The van der Waals surface area contributed by atoms with Crippen LogP contribution in [0.15, 0.2) is 59.9 Å². The number of halogens is 1. The van der Waals surface area contributed by atoms with Crippen LogP contribution in [0, 0.1) is 5.82 Å². The molecule has 0 saturated heterocycles. The van der Waals surface area contributed by atoms with Crippen molar-refractivity contribution in [2.75, 3.05) is 19.8 Å². The van der Waals surface area contributed by atoms with Crippen molar-refractivity contribution in [3.05, 3.63) is 77.6 Å². The highest BCUT2D eigenvalue weighted by molar-refractivity contribution is 6.00. The molecule has 8 heteroatoms. The van der Waals surface area contributed by atoms with E-state index in [1.165, 1.54) is 12.1 Å². The summed E-state index contributed by atoms with van der Waals surface area (Å²) in [4.78, 5) is 10.3. The van der Waals surface area contributed by atoms with E-state index >= 15 is 0 Å². The number of hydrogen-bond acceptors (Lipinski definition) is 5. The number of imidazole rings is 1. The molecule has 4 aromatic rings. The number of benzene rings is 2. The summed E-state index contributed by atoms with van der Waals surface area (Å²) in [5.41, 5.74) is 5.31. The lowest BCUT2D eigenvalue weighted by atomic mass is 10.1. The van der Waals surface area contributed by atoms with Crippen molar-refractivity contribution in [2.45, 2.75) is 33.7 Å². The molecule has 0 unspecified atom stereocenters. The van der Waals surface area contributed by atoms with Gasteiger partial charge in [-0.3, -0.25) is 0 Å². The van der Waals surface area contributed by atoms with Crippen LogP contribution in [0.4, 0.5) is 4.39 Å². The maximum atomic E-state index is 13.7. The summed E-state index contributed by atoms with van der Waals surface area (Å²) in [7, 11) is 0. The van der Waals surface area contributed by atoms with Crippen molar-refractivity contribution >= 4 is 16.7 Å². The molecule has 2 aromatic heterocycles. The monoisotopic (exact) mass is 449 g/mol. The van der Waals surface area contributed by atoms with Gasteiger partial charge in [0.2, 0.25) is 0 Å². The largest absolute Gasteiger partial charge is 0.393 e. The number of fused-ring (bicyclic) bond motifs is 1. The number of nitrogens with zero attached hydrogens (tertiary/aromatic N) is 5. The number of rotatable bonds is 10. The normalized spacial score (nSPS) is 11.9. The predicted octanol–water partition coefficient (Wildman–Crippen LogP) is 4.75. The number of oxime groups is 1. The SMILES string of the molecule is CCOCCO/N=C(\C)c1ccc2c(c1)nc(Cc1ccnn1-c1cccc(F)c1)n2CC. The minimum absolute atomic E-state index is 0.291. The summed E-state index contributed by atoms with van der Waals surface area (Å²) in [6.45, 7) is 8.34. The van der Waals surface area contributed by atoms with E-state index < -0.39 is 0 Å². The highest BCUT2D eigenvalue weighted by atomic mass is 19.1. The zero-order chi connectivity index (χ0) is 23.2. The van der Waals surface area contributed by atoms with Gasteiger partial charge in [-0.1, -0.05) is 17.3 Å². The van der Waals surface area contributed by atoms with Gasteiger partial charge < -0.3 is 14.1 Å². The Kier molecular flexibility index (Phi) is 7.14. The second-order valence-electron chi connectivity index (χ2n) is 7.57. The lowest BCUT2D eigenvalue weighted by Gasteiger charge is -2.09. The third kappa shape index (κ3) is 5.12. The summed E-state index contributed by atoms with van der Waals surface area (Å²) >= 11 is 0. The zero-order valence-electron chi connectivity index (χ0n) is 19.2. The molecule has 4 rings (SSSR count). The third-order valence-corrected chi connectivity index (χ3v) is 5.40. The average molecular weight is 450 g/mol. The lowest BCUT2D eigenvalue weighted by molar-refractivity contribution is 0.0562. The van der Waals surface area contributed by atoms with Crippen molar-refractivity contribution in [3.8, 4) is 5.69 Å². The maximum Gasteiger partial charge on any atom is 0.140 e. The molecule has 0 aliphatic rings. The minimum Gasteiger partial charge on any atom is -0.393 e. The van der Waals surface area contributed by atoms with Crippen LogP contribution < -0.4 is 0 Å². The van der Waals surface area contributed by atoms with Gasteiger partial charge in [-0.2, -0.15) is 5.10 Å². The molecule has 0 aliphatic heterocycles. The quantitative estimate of drug-likeness (QED) is 0.199. The zero-order valence-corrected chi connectivity index (χ0v) is 19.2. The molecule has 7 nitrogen and oxygen atoms in total. The van der Waals surface area contributed by atoms with Crippen LogP contribution in [-0.4, -0.2) is 44.9 Å². The Morgan fingerprint density at radius 1 is 1.09 bits per heavy atom. The van der Waals surface area contributed by atoms with Gasteiger partial charge in [0, 0.05) is 31.3 Å². The van der Waals surface area contributed by atoms with Crippen molar-refractivity contribution < 1.29 is 14.0 Å². The van der Waals surface area contributed by atoms with E-state index in [0.29, 0.717) is 31.9 Å². The van der Waals surface area contributed by atoms with Crippen molar-refractivity contribution in [3.63, 3.8) is 0 Å². The summed E-state index contributed by atoms with van der Waals surface area (Å²) in [6, 6.07) is 14.5. The molecule has 0 radical (unpaired) electrons. The van der Waals surface area contributed by atoms with Gasteiger partial charge in [0.15, 0.2) is 0 Å². The summed E-state index contributed by atoms with van der Waals surface area (Å²) in [5, 5.41) is 8.59. The predicted molar refractivity (Wildman–Crippen MR) is 126 cm³/mol. The van der Waals surface area contributed by atoms with E-state index in [-0.39, 0.29) is 5.82 Å². The van der Waals surface area contributed by atoms with Crippen molar-refractivity contribution in [1.29, 1.82) is 0 Å².